The van der Waals surface area contributed by atoms with Gasteiger partial charge in [-0.2, -0.15) is 13.2 Å². The Balaban J connectivity index is 1.60. The molecule has 0 bridgehead atoms. The number of carbonyl (C=O) groups is 2. The van der Waals surface area contributed by atoms with Gasteiger partial charge < -0.3 is 23.9 Å². The molecule has 2 aliphatic rings. The molecule has 0 spiro atoms. The molecule has 0 N–H and O–H groups in total. The molecule has 0 fully saturated rings. The maximum Gasteiger partial charge on any atom is 0.509 e. The molecule has 16 heteroatoms. The summed E-state index contributed by atoms with van der Waals surface area (Å²) in [7, 11) is 1.10. The standard InChI is InChI=1S/C26H23Cl2F4N3O7/c1-4-39-20-10-21(41-34-20)35(12-40-24(37)38-3)23(36)16-6-5-14(7-13(16)2)19-11-25(42-33-19,26(30,31)32)15-8-17(27)22(29)18(28)9-15/h5-9,21H,4,10-12H2,1-3H3/t21?,25-/m0/s1. The molecular weight excluding hydrogens is 613 g/mol. The van der Waals surface area contributed by atoms with Crippen molar-refractivity contribution in [3.63, 3.8) is 0 Å². The Bertz CT molecular complexity index is 1430. The van der Waals surface area contributed by atoms with Gasteiger partial charge in [-0.1, -0.05) is 34.4 Å². The number of hydrogen-bond donors (Lipinski definition) is 0. The van der Waals surface area contributed by atoms with E-state index in [1.807, 2.05) is 0 Å². The molecule has 2 aromatic carbocycles. The summed E-state index contributed by atoms with van der Waals surface area (Å²) in [5.41, 5.74) is -2.90. The predicted molar refractivity (Wildman–Crippen MR) is 141 cm³/mol. The Labute approximate surface area is 246 Å². The Morgan fingerprint density at radius 3 is 2.45 bits per heavy atom. The SMILES string of the molecule is CCOC1=NOC(N(COC(=O)OC)C(=O)c2ccc(C3=NO[C@@](c4cc(Cl)c(F)c(Cl)c4)(C(F)(F)F)C3)cc2C)C1. The van der Waals surface area contributed by atoms with E-state index >= 15 is 0 Å². The molecule has 10 nitrogen and oxygen atoms in total. The first-order valence-corrected chi connectivity index (χ1v) is 13.0. The van der Waals surface area contributed by atoms with Crippen LogP contribution in [-0.4, -0.2) is 61.4 Å². The number of methoxy groups -OCH3 is 1. The number of ether oxygens (including phenoxy) is 3. The maximum atomic E-state index is 14.4. The van der Waals surface area contributed by atoms with Crippen LogP contribution in [0.4, 0.5) is 22.4 Å². The zero-order valence-electron chi connectivity index (χ0n) is 22.3. The van der Waals surface area contributed by atoms with Gasteiger partial charge >= 0.3 is 12.3 Å². The zero-order chi connectivity index (χ0) is 30.8. The first-order chi connectivity index (χ1) is 19.8. The van der Waals surface area contributed by atoms with E-state index < -0.39 is 64.6 Å². The van der Waals surface area contributed by atoms with Crippen LogP contribution in [-0.2, 0) is 29.5 Å². The largest absolute Gasteiger partial charge is 0.509 e. The molecule has 2 aromatic rings. The molecule has 0 saturated carbocycles. The molecule has 4 rings (SSSR count). The maximum absolute atomic E-state index is 14.4. The Kier molecular flexibility index (Phi) is 9.06. The summed E-state index contributed by atoms with van der Waals surface area (Å²) in [4.78, 5) is 36.5. The van der Waals surface area contributed by atoms with E-state index in [0.29, 0.717) is 12.2 Å². The summed E-state index contributed by atoms with van der Waals surface area (Å²) in [5, 5.41) is 6.25. The second-order valence-corrected chi connectivity index (χ2v) is 9.91. The summed E-state index contributed by atoms with van der Waals surface area (Å²) < 4.78 is 71.8. The Morgan fingerprint density at radius 2 is 1.86 bits per heavy atom. The minimum Gasteiger partial charge on any atom is -0.479 e. The van der Waals surface area contributed by atoms with Gasteiger partial charge in [-0.05, 0) is 54.4 Å². The second kappa shape index (κ2) is 12.2. The number of hydrogen-bond acceptors (Lipinski definition) is 9. The van der Waals surface area contributed by atoms with Crippen LogP contribution in [0.25, 0.3) is 0 Å². The molecule has 1 unspecified atom stereocenters. The fourth-order valence-corrected chi connectivity index (χ4v) is 4.79. The van der Waals surface area contributed by atoms with E-state index in [2.05, 4.69) is 15.0 Å². The van der Waals surface area contributed by atoms with Gasteiger partial charge in [0.1, 0.15) is 0 Å². The molecular formula is C26H23Cl2F4N3O7. The average molecular weight is 636 g/mol. The van der Waals surface area contributed by atoms with Crippen molar-refractivity contribution >= 4 is 46.9 Å². The minimum absolute atomic E-state index is 0.0757. The van der Waals surface area contributed by atoms with Gasteiger partial charge in [0.15, 0.2) is 12.5 Å². The topological polar surface area (TPSA) is 108 Å². The van der Waals surface area contributed by atoms with Crippen LogP contribution in [0, 0.1) is 12.7 Å². The molecule has 2 heterocycles. The lowest BCUT2D eigenvalue weighted by Gasteiger charge is -2.29. The number of oxime groups is 2. The zero-order valence-corrected chi connectivity index (χ0v) is 23.8. The molecule has 42 heavy (non-hydrogen) atoms. The summed E-state index contributed by atoms with van der Waals surface area (Å²) >= 11 is 11.5. The molecule has 0 aromatic heterocycles. The van der Waals surface area contributed by atoms with Gasteiger partial charge in [0, 0.05) is 17.5 Å². The van der Waals surface area contributed by atoms with Gasteiger partial charge in [0.05, 0.1) is 35.9 Å². The van der Waals surface area contributed by atoms with Gasteiger partial charge in [0.2, 0.25) is 12.1 Å². The highest BCUT2D eigenvalue weighted by atomic mass is 35.5. The van der Waals surface area contributed by atoms with E-state index in [0.717, 1.165) is 24.1 Å². The average Bonchev–Trinajstić information content (AvgIpc) is 3.60. The van der Waals surface area contributed by atoms with Gasteiger partial charge in [-0.25, -0.2) is 9.18 Å². The number of nitrogens with zero attached hydrogens (tertiary/aromatic N) is 3. The van der Waals surface area contributed by atoms with Crippen LogP contribution in [0.15, 0.2) is 40.6 Å². The third-order valence-electron chi connectivity index (χ3n) is 6.46. The molecule has 1 amide bonds. The minimum atomic E-state index is -4.99. The van der Waals surface area contributed by atoms with E-state index in [4.69, 9.17) is 42.4 Å². The Hall–Kier alpha value is -3.78. The van der Waals surface area contributed by atoms with E-state index in [9.17, 15) is 27.2 Å². The number of amides is 1. The normalized spacial score (nSPS) is 19.8. The number of benzene rings is 2. The van der Waals surface area contributed by atoms with Gasteiger partial charge in [-0.15, -0.1) is 0 Å². The number of alkyl halides is 3. The molecule has 0 aliphatic carbocycles. The van der Waals surface area contributed by atoms with Crippen molar-refractivity contribution in [2.45, 2.75) is 44.7 Å². The molecule has 0 radical (unpaired) electrons. The molecule has 0 saturated heterocycles. The highest BCUT2D eigenvalue weighted by Gasteiger charge is 2.62. The Morgan fingerprint density at radius 1 is 1.17 bits per heavy atom. The van der Waals surface area contributed by atoms with Crippen molar-refractivity contribution in [2.24, 2.45) is 10.3 Å². The first kappa shape index (κ1) is 31.2. The number of halogens is 6. The molecule has 226 valence electrons. The quantitative estimate of drug-likeness (QED) is 0.152. The number of carbonyl (C=O) groups excluding carboxylic acids is 2. The monoisotopic (exact) mass is 635 g/mol. The van der Waals surface area contributed by atoms with Gasteiger partial charge in [0.25, 0.3) is 11.5 Å². The fraction of sp³-hybridized carbons (Fsp3) is 0.385. The fourth-order valence-electron chi connectivity index (χ4n) is 4.30. The first-order valence-electron chi connectivity index (χ1n) is 12.3. The van der Waals surface area contributed by atoms with E-state index in [-0.39, 0.29) is 29.2 Å². The summed E-state index contributed by atoms with van der Waals surface area (Å²) in [5.74, 6) is -1.46. The van der Waals surface area contributed by atoms with Crippen molar-refractivity contribution in [2.75, 3.05) is 20.4 Å². The second-order valence-electron chi connectivity index (χ2n) is 9.10. The molecule has 2 aliphatic heterocycles. The number of aryl methyl sites for hydroxylation is 1. The highest BCUT2D eigenvalue weighted by Crippen LogP contribution is 2.50. The van der Waals surface area contributed by atoms with Crippen molar-refractivity contribution in [1.82, 2.24) is 4.90 Å². The van der Waals surface area contributed by atoms with E-state index in [1.54, 1.807) is 13.8 Å². The van der Waals surface area contributed by atoms with Crippen LogP contribution < -0.4 is 0 Å². The third-order valence-corrected chi connectivity index (χ3v) is 7.01. The summed E-state index contributed by atoms with van der Waals surface area (Å²) in [6.45, 7) is 3.06. The lowest BCUT2D eigenvalue weighted by molar-refractivity contribution is -0.275. The van der Waals surface area contributed by atoms with Crippen LogP contribution >= 0.6 is 23.2 Å². The smallest absolute Gasteiger partial charge is 0.479 e. The van der Waals surface area contributed by atoms with Crippen molar-refractivity contribution in [1.29, 1.82) is 0 Å². The van der Waals surface area contributed by atoms with Crippen molar-refractivity contribution in [3.8, 4) is 0 Å². The third kappa shape index (κ3) is 6.04. The predicted octanol–water partition coefficient (Wildman–Crippen LogP) is 6.30. The van der Waals surface area contributed by atoms with Crippen LogP contribution in [0.3, 0.4) is 0 Å². The van der Waals surface area contributed by atoms with Crippen LogP contribution in [0.2, 0.25) is 10.0 Å². The van der Waals surface area contributed by atoms with Gasteiger partial charge in [-0.3, -0.25) is 9.69 Å². The number of rotatable bonds is 7. The summed E-state index contributed by atoms with van der Waals surface area (Å²) in [6, 6.07) is 5.79. The van der Waals surface area contributed by atoms with Crippen molar-refractivity contribution in [3.05, 3.63) is 68.4 Å². The lowest BCUT2D eigenvalue weighted by atomic mass is 9.86. The van der Waals surface area contributed by atoms with E-state index in [1.165, 1.54) is 18.2 Å². The van der Waals surface area contributed by atoms with Crippen LogP contribution in [0.1, 0.15) is 46.8 Å². The van der Waals surface area contributed by atoms with Crippen LogP contribution in [0.5, 0.6) is 0 Å². The molecule has 2 atom stereocenters. The lowest BCUT2D eigenvalue weighted by Crippen LogP contribution is -2.43. The highest BCUT2D eigenvalue weighted by molar-refractivity contribution is 6.35. The van der Waals surface area contributed by atoms with Crippen molar-refractivity contribution < 1.29 is 51.0 Å². The summed E-state index contributed by atoms with van der Waals surface area (Å²) in [6.07, 6.45) is -7.71.